The maximum absolute atomic E-state index is 15.1. The van der Waals surface area contributed by atoms with E-state index >= 15 is 9.59 Å². The van der Waals surface area contributed by atoms with E-state index in [1.54, 1.807) is 22.7 Å². The lowest BCUT2D eigenvalue weighted by atomic mass is 9.83. The molecule has 7 rings (SSSR count). The topological polar surface area (TPSA) is 45.6 Å². The van der Waals surface area contributed by atoms with Crippen LogP contribution in [0, 0.1) is 30.6 Å². The van der Waals surface area contributed by atoms with E-state index < -0.39 is 0 Å². The number of aromatic nitrogens is 1. The molecule has 0 bridgehead atoms. The Morgan fingerprint density at radius 3 is 1.22 bits per heavy atom. The van der Waals surface area contributed by atoms with Crippen LogP contribution in [-0.4, -0.2) is 39.3 Å². The molecule has 5 aromatic rings. The average Bonchev–Trinajstić information content (AvgIpc) is 4.45. The van der Waals surface area contributed by atoms with Crippen LogP contribution in [0.25, 0.3) is 33.2 Å². The number of rotatable bonds is 31. The Kier molecular flexibility index (Phi) is 23.3. The molecule has 0 atom stereocenters. The first-order chi connectivity index (χ1) is 38.1. The molecule has 0 unspecified atom stereocenters. The van der Waals surface area contributed by atoms with Crippen molar-refractivity contribution in [1.29, 1.82) is 0 Å². The van der Waals surface area contributed by atoms with Crippen molar-refractivity contribution < 1.29 is 9.59 Å². The van der Waals surface area contributed by atoms with Gasteiger partial charge in [0, 0.05) is 46.4 Å². The zero-order valence-corrected chi connectivity index (χ0v) is 52.7. The summed E-state index contributed by atoms with van der Waals surface area (Å²) in [5, 5.41) is 2.51. The summed E-state index contributed by atoms with van der Waals surface area (Å²) in [6.45, 7) is 26.8. The van der Waals surface area contributed by atoms with Crippen LogP contribution < -0.4 is 0 Å². The van der Waals surface area contributed by atoms with Crippen molar-refractivity contribution in [1.82, 2.24) is 14.4 Å². The zero-order chi connectivity index (χ0) is 56.5. The van der Waals surface area contributed by atoms with Crippen LogP contribution in [0.1, 0.15) is 278 Å². The van der Waals surface area contributed by atoms with Gasteiger partial charge in [-0.15, -0.1) is 28.6 Å². The number of carbonyl (C=O) groups is 2. The van der Waals surface area contributed by atoms with Gasteiger partial charge in [0.15, 0.2) is 0 Å². The minimum Gasteiger partial charge on any atom is -0.338 e. The Hall–Kier alpha value is -4.82. The molecule has 2 amide bonds. The minimum absolute atomic E-state index is 0.0331. The van der Waals surface area contributed by atoms with Crippen LogP contribution in [0.3, 0.4) is 0 Å². The lowest BCUT2D eigenvalue weighted by molar-refractivity contribution is -0.124. The van der Waals surface area contributed by atoms with Crippen molar-refractivity contribution in [3.63, 3.8) is 0 Å². The van der Waals surface area contributed by atoms with E-state index in [-0.39, 0.29) is 22.6 Å². The molecule has 0 radical (unpaired) electrons. The predicted octanol–water partition coefficient (Wildman–Crippen LogP) is 20.6. The Balaban J connectivity index is 1.26. The number of fused-ring (bicyclic) bond motifs is 4. The van der Waals surface area contributed by atoms with E-state index in [1.807, 2.05) is 16.7 Å². The van der Waals surface area contributed by atoms with Gasteiger partial charge < -0.3 is 14.4 Å². The number of benzene rings is 2. The predicted molar refractivity (Wildman–Crippen MR) is 343 cm³/mol. The number of hydrogen-bond donors (Lipinski definition) is 0. The number of nitrogens with zero attached hydrogens (tertiary/aromatic N) is 3. The molecule has 0 spiro atoms. The largest absolute Gasteiger partial charge is 0.338 e. The number of hydrogen-bond acceptors (Lipinski definition) is 4. The summed E-state index contributed by atoms with van der Waals surface area (Å²) in [6.07, 6.45) is 32.2. The van der Waals surface area contributed by atoms with Gasteiger partial charge in [-0.2, -0.15) is 0 Å². The molecular formula is C72H99N3O2S2. The Morgan fingerprint density at radius 2 is 0.823 bits per heavy atom. The summed E-state index contributed by atoms with van der Waals surface area (Å²) in [6, 6.07) is 18.0. The molecule has 2 aliphatic rings. The fourth-order valence-electron chi connectivity index (χ4n) is 11.9. The van der Waals surface area contributed by atoms with Gasteiger partial charge in [-0.05, 0) is 104 Å². The number of carbonyl (C=O) groups excluding carboxylic acids is 2. The first-order valence-corrected chi connectivity index (χ1v) is 33.2. The zero-order valence-electron chi connectivity index (χ0n) is 51.1. The van der Waals surface area contributed by atoms with Gasteiger partial charge >= 0.3 is 0 Å². The second-order valence-corrected chi connectivity index (χ2v) is 27.6. The minimum atomic E-state index is -0.109. The van der Waals surface area contributed by atoms with Crippen molar-refractivity contribution in [2.75, 3.05) is 13.1 Å². The van der Waals surface area contributed by atoms with Gasteiger partial charge in [0.25, 0.3) is 11.8 Å². The Morgan fingerprint density at radius 1 is 0.443 bits per heavy atom. The van der Waals surface area contributed by atoms with Crippen molar-refractivity contribution in [2.24, 2.45) is 0 Å². The van der Waals surface area contributed by atoms with Crippen molar-refractivity contribution in [3.05, 3.63) is 101 Å². The summed E-state index contributed by atoms with van der Waals surface area (Å²) in [5.74, 6) is 14.3. The number of unbranched alkanes of at least 4 members (excludes halogenated alkanes) is 23. The second kappa shape index (κ2) is 29.8. The van der Waals surface area contributed by atoms with Gasteiger partial charge in [-0.25, -0.2) is 0 Å². The third-order valence-electron chi connectivity index (χ3n) is 16.6. The molecular weight excluding hydrogens is 1000 g/mol. The van der Waals surface area contributed by atoms with E-state index in [0.717, 1.165) is 88.6 Å². The molecule has 2 aliphatic heterocycles. The molecule has 0 fully saturated rings. The fraction of sp³-hybridized carbons (Fsp3) is 0.583. The number of aryl methyl sites for hydroxylation is 2. The highest BCUT2D eigenvalue weighted by atomic mass is 32.1. The van der Waals surface area contributed by atoms with E-state index in [9.17, 15) is 0 Å². The maximum atomic E-state index is 15.1. The quantitative estimate of drug-likeness (QED) is 0.0328. The van der Waals surface area contributed by atoms with Gasteiger partial charge in [0.1, 0.15) is 0 Å². The highest BCUT2D eigenvalue weighted by Crippen LogP contribution is 2.49. The third-order valence-corrected chi connectivity index (χ3v) is 18.6. The Labute approximate surface area is 487 Å². The third kappa shape index (κ3) is 15.8. The van der Waals surface area contributed by atoms with Crippen LogP contribution in [0.15, 0.2) is 59.7 Å². The average molecular weight is 1100 g/mol. The Bertz CT molecular complexity index is 3040. The smallest absolute Gasteiger partial charge is 0.261 e. The van der Waals surface area contributed by atoms with E-state index in [2.05, 4.69) is 146 Å². The lowest BCUT2D eigenvalue weighted by Crippen LogP contribution is -2.30. The summed E-state index contributed by atoms with van der Waals surface area (Å²) in [5.41, 5.74) is 9.69. The molecule has 2 aromatic carbocycles. The van der Waals surface area contributed by atoms with Gasteiger partial charge in [0.2, 0.25) is 0 Å². The SMILES string of the molecule is CC#Cc1cc(C(C)(C)C)cc2c3cc(C(C)(C)C)cc(C#Cc4ccc(C5=C6C(=O)N(CCCCCCCC)C(c7ccc(C)s7)=C6C(=O)N5CCCCCCCC)s4)c3n(CCCCCCCCCCCCCCCC)c12. The fourth-order valence-corrected chi connectivity index (χ4v) is 13.8. The van der Waals surface area contributed by atoms with Gasteiger partial charge in [-0.3, -0.25) is 9.59 Å². The first-order valence-electron chi connectivity index (χ1n) is 31.5. The lowest BCUT2D eigenvalue weighted by Gasteiger charge is -2.24. The molecule has 0 saturated carbocycles. The second-order valence-electron chi connectivity index (χ2n) is 25.2. The van der Waals surface area contributed by atoms with Crippen LogP contribution in [-0.2, 0) is 27.0 Å². The maximum Gasteiger partial charge on any atom is 0.261 e. The molecule has 7 heteroatoms. The highest BCUT2D eigenvalue weighted by molar-refractivity contribution is 7.14. The first kappa shape index (κ1) is 61.8. The summed E-state index contributed by atoms with van der Waals surface area (Å²) >= 11 is 3.30. The normalized spacial score (nSPS) is 13.9. The van der Waals surface area contributed by atoms with Crippen LogP contribution in [0.2, 0.25) is 0 Å². The van der Waals surface area contributed by atoms with E-state index in [4.69, 9.17) is 0 Å². The number of thiophene rings is 2. The van der Waals surface area contributed by atoms with Crippen molar-refractivity contribution >= 4 is 67.7 Å². The summed E-state index contributed by atoms with van der Waals surface area (Å²) in [7, 11) is 0. The summed E-state index contributed by atoms with van der Waals surface area (Å²) in [4.78, 5) is 38.2. The van der Waals surface area contributed by atoms with Crippen LogP contribution in [0.5, 0.6) is 0 Å². The monoisotopic (exact) mass is 1100 g/mol. The van der Waals surface area contributed by atoms with E-state index in [1.165, 1.54) is 160 Å². The number of amides is 2. The molecule has 3 aromatic heterocycles. The van der Waals surface area contributed by atoms with Crippen molar-refractivity contribution in [2.45, 2.75) is 260 Å². The molecule has 5 heterocycles. The molecule has 5 nitrogen and oxygen atoms in total. The highest BCUT2D eigenvalue weighted by Gasteiger charge is 2.49. The van der Waals surface area contributed by atoms with Crippen LogP contribution >= 0.6 is 22.7 Å². The van der Waals surface area contributed by atoms with Crippen LogP contribution in [0.4, 0.5) is 0 Å². The molecule has 0 aliphatic carbocycles. The van der Waals surface area contributed by atoms with Gasteiger partial charge in [0.05, 0.1) is 48.2 Å². The standard InChI is InChI=1S/C72H99N3O2S2/c1-12-16-19-22-25-26-27-28-29-30-31-32-35-36-46-73-65-54(39-15-4)49-56(71(6,7)8)51-59(65)60-52-57(72(9,10)11)50-55(66(60)73)41-42-58-43-45-62(79-58)68-64-63(69(76)75(68)48-38-34-24-21-18-14-3)67(61-44-40-53(5)78-61)74(70(64)77)47-37-33-23-20-17-13-2/h40,43-45,49-52H,12-14,16-38,46-48H2,1-11H3. The van der Waals surface area contributed by atoms with Gasteiger partial charge in [-0.1, -0.05) is 228 Å². The molecule has 0 N–H and O–H groups in total. The summed E-state index contributed by atoms with van der Waals surface area (Å²) < 4.78 is 2.58. The molecule has 79 heavy (non-hydrogen) atoms. The molecule has 0 saturated heterocycles. The molecule has 426 valence electrons. The van der Waals surface area contributed by atoms with Crippen molar-refractivity contribution in [3.8, 4) is 23.7 Å². The van der Waals surface area contributed by atoms with E-state index in [0.29, 0.717) is 24.2 Å².